The van der Waals surface area contributed by atoms with E-state index < -0.39 is 0 Å². The number of carbonyl (C=O) groups is 1. The van der Waals surface area contributed by atoms with Gasteiger partial charge >= 0.3 is 0 Å². The van der Waals surface area contributed by atoms with Crippen molar-refractivity contribution in [3.8, 4) is 0 Å². The molecule has 0 aromatic carbocycles. The van der Waals surface area contributed by atoms with Crippen molar-refractivity contribution in [1.29, 1.82) is 0 Å². The Hall–Kier alpha value is -0.640. The fraction of sp³-hybridized carbons (Fsp3) is 0.800. The number of nitrogens with zero attached hydrogens (tertiary/aromatic N) is 2. The standard InChI is InChI=1S/C10H16N2OS/c13-9-4-1-2-6-11(9)8-12-7-3-5-10(12)14/h1-8H2. The first-order valence-corrected chi connectivity index (χ1v) is 5.74. The minimum Gasteiger partial charge on any atom is -0.348 e. The lowest BCUT2D eigenvalue weighted by Crippen LogP contribution is -2.43. The Morgan fingerprint density at radius 2 is 1.86 bits per heavy atom. The van der Waals surface area contributed by atoms with E-state index in [-0.39, 0.29) is 0 Å². The Morgan fingerprint density at radius 3 is 2.50 bits per heavy atom. The van der Waals surface area contributed by atoms with Gasteiger partial charge in [0.2, 0.25) is 5.91 Å². The summed E-state index contributed by atoms with van der Waals surface area (Å²) in [6.07, 6.45) is 5.10. The molecule has 0 N–H and O–H groups in total. The maximum absolute atomic E-state index is 11.5. The lowest BCUT2D eigenvalue weighted by atomic mass is 10.1. The average molecular weight is 212 g/mol. The fourth-order valence-electron chi connectivity index (χ4n) is 2.07. The van der Waals surface area contributed by atoms with Gasteiger partial charge in [0, 0.05) is 19.5 Å². The average Bonchev–Trinajstić information content (AvgIpc) is 2.56. The SMILES string of the molecule is O=C1CCCCN1CN1CCCC1=S. The molecule has 2 fully saturated rings. The minimum atomic E-state index is 0.297. The Morgan fingerprint density at radius 1 is 1.07 bits per heavy atom. The topological polar surface area (TPSA) is 23.6 Å². The number of carbonyl (C=O) groups excluding carboxylic acids is 1. The Labute approximate surface area is 90.1 Å². The van der Waals surface area contributed by atoms with Gasteiger partial charge in [-0.3, -0.25) is 4.79 Å². The van der Waals surface area contributed by atoms with Gasteiger partial charge in [0.05, 0.1) is 11.7 Å². The zero-order valence-corrected chi connectivity index (χ0v) is 9.18. The van der Waals surface area contributed by atoms with E-state index in [1.165, 1.54) is 0 Å². The molecule has 0 unspecified atom stereocenters. The molecule has 2 aliphatic heterocycles. The Kier molecular flexibility index (Phi) is 3.01. The molecule has 0 atom stereocenters. The summed E-state index contributed by atoms with van der Waals surface area (Å²) in [7, 11) is 0. The van der Waals surface area contributed by atoms with Gasteiger partial charge in [0.25, 0.3) is 0 Å². The van der Waals surface area contributed by atoms with E-state index in [0.717, 1.165) is 56.9 Å². The van der Waals surface area contributed by atoms with E-state index >= 15 is 0 Å². The molecule has 0 saturated carbocycles. The van der Waals surface area contributed by atoms with Crippen LogP contribution in [0.4, 0.5) is 0 Å². The molecular formula is C10H16N2OS. The van der Waals surface area contributed by atoms with Crippen LogP contribution in [0.25, 0.3) is 0 Å². The maximum Gasteiger partial charge on any atom is 0.223 e. The van der Waals surface area contributed by atoms with Crippen molar-refractivity contribution in [3.05, 3.63) is 0 Å². The predicted octanol–water partition coefficient (Wildman–Crippen LogP) is 1.38. The molecule has 2 rings (SSSR count). The number of rotatable bonds is 2. The summed E-state index contributed by atoms with van der Waals surface area (Å²) in [6, 6.07) is 0. The van der Waals surface area contributed by atoms with Crippen LogP contribution in [0.5, 0.6) is 0 Å². The molecule has 0 radical (unpaired) electrons. The summed E-state index contributed by atoms with van der Waals surface area (Å²) in [4.78, 5) is 16.7. The third-order valence-corrected chi connectivity index (χ3v) is 3.40. The third-order valence-electron chi connectivity index (χ3n) is 2.93. The fourth-order valence-corrected chi connectivity index (χ4v) is 2.36. The van der Waals surface area contributed by atoms with E-state index in [0.29, 0.717) is 5.91 Å². The molecule has 0 aromatic rings. The largest absolute Gasteiger partial charge is 0.348 e. The van der Waals surface area contributed by atoms with E-state index in [2.05, 4.69) is 4.90 Å². The van der Waals surface area contributed by atoms with E-state index in [1.807, 2.05) is 4.90 Å². The molecule has 78 valence electrons. The molecule has 1 amide bonds. The molecule has 0 spiro atoms. The van der Waals surface area contributed by atoms with Crippen molar-refractivity contribution in [3.63, 3.8) is 0 Å². The molecule has 0 bridgehead atoms. The monoisotopic (exact) mass is 212 g/mol. The van der Waals surface area contributed by atoms with Gasteiger partial charge < -0.3 is 9.80 Å². The van der Waals surface area contributed by atoms with Crippen LogP contribution in [0, 0.1) is 0 Å². The second-order valence-electron chi connectivity index (χ2n) is 4.02. The molecule has 0 aliphatic carbocycles. The van der Waals surface area contributed by atoms with Crippen LogP contribution >= 0.6 is 12.2 Å². The van der Waals surface area contributed by atoms with Gasteiger partial charge in [-0.1, -0.05) is 12.2 Å². The highest BCUT2D eigenvalue weighted by molar-refractivity contribution is 7.80. The number of thiocarbonyl (C=S) groups is 1. The highest BCUT2D eigenvalue weighted by Crippen LogP contribution is 2.15. The zero-order valence-electron chi connectivity index (χ0n) is 8.37. The Balaban J connectivity index is 1.89. The van der Waals surface area contributed by atoms with Crippen molar-refractivity contribution in [2.24, 2.45) is 0 Å². The normalized spacial score (nSPS) is 23.4. The molecule has 0 aromatic heterocycles. The maximum atomic E-state index is 11.5. The number of amides is 1. The van der Waals surface area contributed by atoms with Crippen LogP contribution in [-0.2, 0) is 4.79 Å². The molecule has 3 nitrogen and oxygen atoms in total. The summed E-state index contributed by atoms with van der Waals surface area (Å²) < 4.78 is 0. The van der Waals surface area contributed by atoms with Gasteiger partial charge in [-0.15, -0.1) is 0 Å². The summed E-state index contributed by atoms with van der Waals surface area (Å²) in [5.41, 5.74) is 0. The molecule has 2 saturated heterocycles. The lowest BCUT2D eigenvalue weighted by molar-refractivity contribution is -0.134. The second kappa shape index (κ2) is 4.26. The number of hydrogen-bond acceptors (Lipinski definition) is 2. The number of hydrogen-bond donors (Lipinski definition) is 0. The zero-order chi connectivity index (χ0) is 9.97. The first-order chi connectivity index (χ1) is 6.77. The van der Waals surface area contributed by atoms with Gasteiger partial charge in [-0.2, -0.15) is 0 Å². The van der Waals surface area contributed by atoms with Gasteiger partial charge in [0.1, 0.15) is 0 Å². The van der Waals surface area contributed by atoms with Crippen molar-refractivity contribution < 1.29 is 4.79 Å². The summed E-state index contributed by atoms with van der Waals surface area (Å²) >= 11 is 5.24. The minimum absolute atomic E-state index is 0.297. The molecule has 4 heteroatoms. The summed E-state index contributed by atoms with van der Waals surface area (Å²) in [5, 5.41) is 0. The molecule has 14 heavy (non-hydrogen) atoms. The number of piperidine rings is 1. The smallest absolute Gasteiger partial charge is 0.223 e. The van der Waals surface area contributed by atoms with Crippen molar-refractivity contribution >= 4 is 23.1 Å². The first-order valence-electron chi connectivity index (χ1n) is 5.33. The van der Waals surface area contributed by atoms with Crippen LogP contribution in [-0.4, -0.2) is 40.5 Å². The molecule has 2 aliphatic rings. The predicted molar refractivity (Wildman–Crippen MR) is 59.0 cm³/mol. The molecule has 2 heterocycles. The van der Waals surface area contributed by atoms with Crippen LogP contribution in [0.15, 0.2) is 0 Å². The molecular weight excluding hydrogens is 196 g/mol. The van der Waals surface area contributed by atoms with E-state index in [9.17, 15) is 4.79 Å². The highest BCUT2D eigenvalue weighted by Gasteiger charge is 2.23. The first kappa shape index (κ1) is 9.90. The van der Waals surface area contributed by atoms with Gasteiger partial charge in [-0.05, 0) is 25.7 Å². The van der Waals surface area contributed by atoms with Crippen molar-refractivity contribution in [2.45, 2.75) is 32.1 Å². The summed E-state index contributed by atoms with van der Waals surface area (Å²) in [5.74, 6) is 0.297. The van der Waals surface area contributed by atoms with Gasteiger partial charge in [-0.25, -0.2) is 0 Å². The highest BCUT2D eigenvalue weighted by atomic mass is 32.1. The van der Waals surface area contributed by atoms with Crippen LogP contribution < -0.4 is 0 Å². The third kappa shape index (κ3) is 2.05. The lowest BCUT2D eigenvalue weighted by Gasteiger charge is -2.31. The van der Waals surface area contributed by atoms with Crippen LogP contribution in [0.1, 0.15) is 32.1 Å². The van der Waals surface area contributed by atoms with E-state index in [1.54, 1.807) is 0 Å². The van der Waals surface area contributed by atoms with Crippen molar-refractivity contribution in [2.75, 3.05) is 19.8 Å². The van der Waals surface area contributed by atoms with E-state index in [4.69, 9.17) is 12.2 Å². The summed E-state index contributed by atoms with van der Waals surface area (Å²) in [6.45, 7) is 2.68. The van der Waals surface area contributed by atoms with Crippen molar-refractivity contribution in [1.82, 2.24) is 9.80 Å². The Bertz CT molecular complexity index is 255. The second-order valence-corrected chi connectivity index (χ2v) is 4.49. The quantitative estimate of drug-likeness (QED) is 0.646. The van der Waals surface area contributed by atoms with Crippen LogP contribution in [0.3, 0.4) is 0 Å². The number of likely N-dealkylation sites (tertiary alicyclic amines) is 2. The van der Waals surface area contributed by atoms with Gasteiger partial charge in [0.15, 0.2) is 0 Å². The van der Waals surface area contributed by atoms with Crippen LogP contribution in [0.2, 0.25) is 0 Å².